The topological polar surface area (TPSA) is 43.4 Å². The van der Waals surface area contributed by atoms with E-state index in [1.807, 2.05) is 0 Å². The van der Waals surface area contributed by atoms with Crippen molar-refractivity contribution in [2.24, 2.45) is 17.8 Å². The summed E-state index contributed by atoms with van der Waals surface area (Å²) in [5, 5.41) is 0. The van der Waals surface area contributed by atoms with Crippen LogP contribution in [-0.4, -0.2) is 18.9 Å². The molecule has 1 fully saturated rings. The summed E-state index contributed by atoms with van der Waals surface area (Å²) < 4.78 is 4.70. The first-order valence-electron chi connectivity index (χ1n) is 6.17. The quantitative estimate of drug-likeness (QED) is 0.692. The zero-order valence-corrected chi connectivity index (χ0v) is 10.5. The molecule has 16 heavy (non-hydrogen) atoms. The van der Waals surface area contributed by atoms with E-state index in [1.165, 1.54) is 7.11 Å². The Labute approximate surface area is 97.5 Å². The van der Waals surface area contributed by atoms with Crippen LogP contribution in [0, 0.1) is 17.8 Å². The van der Waals surface area contributed by atoms with E-state index in [2.05, 4.69) is 6.92 Å². The van der Waals surface area contributed by atoms with Crippen LogP contribution in [0.1, 0.15) is 46.0 Å². The molecule has 1 aliphatic carbocycles. The predicted octanol–water partition coefficient (Wildman–Crippen LogP) is 2.58. The van der Waals surface area contributed by atoms with Crippen molar-refractivity contribution in [3.63, 3.8) is 0 Å². The minimum atomic E-state index is -0.187. The highest BCUT2D eigenvalue weighted by molar-refractivity contribution is 5.80. The van der Waals surface area contributed by atoms with E-state index >= 15 is 0 Å². The van der Waals surface area contributed by atoms with Gasteiger partial charge in [-0.3, -0.25) is 9.59 Å². The number of carbonyl (C=O) groups excluding carboxylic acids is 2. The van der Waals surface area contributed by atoms with Gasteiger partial charge in [0, 0.05) is 12.3 Å². The number of Topliss-reactive ketones (excluding diaryl/α,β-unsaturated/α-hetero) is 1. The van der Waals surface area contributed by atoms with Crippen molar-refractivity contribution in [2.45, 2.75) is 46.0 Å². The normalized spacial score (nSPS) is 29.8. The Morgan fingerprint density at radius 3 is 2.38 bits per heavy atom. The lowest BCUT2D eigenvalue weighted by atomic mass is 9.68. The Morgan fingerprint density at radius 2 is 1.88 bits per heavy atom. The maximum Gasteiger partial charge on any atom is 0.305 e. The molecule has 0 spiro atoms. The lowest BCUT2D eigenvalue weighted by Crippen LogP contribution is -2.34. The van der Waals surface area contributed by atoms with Gasteiger partial charge in [-0.2, -0.15) is 0 Å². The van der Waals surface area contributed by atoms with Gasteiger partial charge in [-0.05, 0) is 31.6 Å². The molecule has 3 nitrogen and oxygen atoms in total. The first-order chi connectivity index (χ1) is 7.60. The minimum Gasteiger partial charge on any atom is -0.469 e. The fourth-order valence-corrected chi connectivity index (χ4v) is 3.03. The van der Waals surface area contributed by atoms with E-state index < -0.39 is 0 Å². The molecule has 1 aliphatic rings. The number of hydrogen-bond acceptors (Lipinski definition) is 3. The Morgan fingerprint density at radius 1 is 1.25 bits per heavy atom. The van der Waals surface area contributed by atoms with E-state index in [0.29, 0.717) is 12.3 Å². The van der Waals surface area contributed by atoms with Crippen molar-refractivity contribution in [1.29, 1.82) is 0 Å². The van der Waals surface area contributed by atoms with Crippen LogP contribution >= 0.6 is 0 Å². The highest BCUT2D eigenvalue weighted by atomic mass is 16.5. The van der Waals surface area contributed by atoms with Gasteiger partial charge in [-0.1, -0.05) is 19.8 Å². The van der Waals surface area contributed by atoms with Crippen molar-refractivity contribution in [1.82, 2.24) is 0 Å². The molecule has 0 heterocycles. The third kappa shape index (κ3) is 3.06. The van der Waals surface area contributed by atoms with E-state index in [-0.39, 0.29) is 23.6 Å². The van der Waals surface area contributed by atoms with Gasteiger partial charge in [-0.25, -0.2) is 0 Å². The first kappa shape index (κ1) is 13.2. The van der Waals surface area contributed by atoms with Gasteiger partial charge in [-0.15, -0.1) is 0 Å². The van der Waals surface area contributed by atoms with Gasteiger partial charge in [0.1, 0.15) is 5.78 Å². The summed E-state index contributed by atoms with van der Waals surface area (Å²) in [7, 11) is 1.41. The fourth-order valence-electron chi connectivity index (χ4n) is 3.03. The number of ketones is 1. The Hall–Kier alpha value is -0.860. The van der Waals surface area contributed by atoms with Gasteiger partial charge in [0.25, 0.3) is 0 Å². The van der Waals surface area contributed by atoms with Crippen LogP contribution in [0.2, 0.25) is 0 Å². The van der Waals surface area contributed by atoms with Crippen molar-refractivity contribution in [3.05, 3.63) is 0 Å². The van der Waals surface area contributed by atoms with Gasteiger partial charge in [0.05, 0.1) is 7.11 Å². The lowest BCUT2D eigenvalue weighted by molar-refractivity contribution is -0.143. The Balaban J connectivity index is 2.71. The summed E-state index contributed by atoms with van der Waals surface area (Å²) >= 11 is 0. The van der Waals surface area contributed by atoms with Crippen LogP contribution in [0.4, 0.5) is 0 Å². The fraction of sp³-hybridized carbons (Fsp3) is 0.846. The molecule has 1 saturated carbocycles. The predicted molar refractivity (Wildman–Crippen MR) is 61.9 cm³/mol. The third-order valence-corrected chi connectivity index (χ3v) is 3.82. The molecule has 0 aliphatic heterocycles. The summed E-state index contributed by atoms with van der Waals surface area (Å²) in [5.74, 6) is 0.774. The Kier molecular flexibility index (Phi) is 4.97. The van der Waals surface area contributed by atoms with Crippen LogP contribution in [0.25, 0.3) is 0 Å². The SMILES string of the molecule is CC[C@H]1CCC[C@@H](CC(=O)OC)[C@@H]1C(C)=O. The molecule has 92 valence electrons. The van der Waals surface area contributed by atoms with Gasteiger partial charge < -0.3 is 4.74 Å². The van der Waals surface area contributed by atoms with Crippen LogP contribution in [-0.2, 0) is 14.3 Å². The van der Waals surface area contributed by atoms with Gasteiger partial charge in [0.2, 0.25) is 0 Å². The Bertz CT molecular complexity index is 260. The molecular weight excluding hydrogens is 204 g/mol. The lowest BCUT2D eigenvalue weighted by Gasteiger charge is -2.35. The second kappa shape index (κ2) is 6.02. The number of esters is 1. The summed E-state index contributed by atoms with van der Waals surface area (Å²) in [6.07, 6.45) is 4.66. The van der Waals surface area contributed by atoms with E-state index in [0.717, 1.165) is 25.7 Å². The molecule has 0 aromatic carbocycles. The third-order valence-electron chi connectivity index (χ3n) is 3.82. The molecule has 1 rings (SSSR count). The van der Waals surface area contributed by atoms with Crippen LogP contribution in [0.15, 0.2) is 0 Å². The van der Waals surface area contributed by atoms with E-state index in [9.17, 15) is 9.59 Å². The smallest absolute Gasteiger partial charge is 0.305 e. The molecule has 0 amide bonds. The molecule has 0 unspecified atom stereocenters. The maximum absolute atomic E-state index is 11.7. The molecule has 0 aromatic heterocycles. The monoisotopic (exact) mass is 226 g/mol. The standard InChI is InChI=1S/C13H22O3/c1-4-10-6-5-7-11(8-12(15)16-3)13(10)9(2)14/h10-11,13H,4-8H2,1-3H3/t10-,11-,13+/m0/s1. The molecule has 0 radical (unpaired) electrons. The molecule has 0 aromatic rings. The van der Waals surface area contributed by atoms with Gasteiger partial charge >= 0.3 is 5.97 Å². The largest absolute Gasteiger partial charge is 0.469 e. The number of ether oxygens (including phenoxy) is 1. The zero-order valence-electron chi connectivity index (χ0n) is 10.5. The zero-order chi connectivity index (χ0) is 12.1. The maximum atomic E-state index is 11.7. The number of methoxy groups -OCH3 is 1. The average molecular weight is 226 g/mol. The van der Waals surface area contributed by atoms with Crippen molar-refractivity contribution < 1.29 is 14.3 Å². The van der Waals surface area contributed by atoms with Crippen molar-refractivity contribution in [3.8, 4) is 0 Å². The van der Waals surface area contributed by atoms with Crippen LogP contribution in [0.3, 0.4) is 0 Å². The summed E-state index contributed by atoms with van der Waals surface area (Å²) in [6, 6.07) is 0. The summed E-state index contributed by atoms with van der Waals surface area (Å²) in [6.45, 7) is 3.78. The van der Waals surface area contributed by atoms with Gasteiger partial charge in [0.15, 0.2) is 0 Å². The molecule has 0 saturated heterocycles. The summed E-state index contributed by atoms with van der Waals surface area (Å²) in [5.41, 5.74) is 0. The highest BCUT2D eigenvalue weighted by Crippen LogP contribution is 2.39. The molecule has 0 bridgehead atoms. The molecule has 3 atom stereocenters. The number of hydrogen-bond donors (Lipinski definition) is 0. The van der Waals surface area contributed by atoms with Crippen molar-refractivity contribution in [2.75, 3.05) is 7.11 Å². The second-order valence-corrected chi connectivity index (χ2v) is 4.78. The number of rotatable bonds is 4. The molecule has 0 N–H and O–H groups in total. The molecular formula is C13H22O3. The van der Waals surface area contributed by atoms with E-state index in [1.54, 1.807) is 6.92 Å². The van der Waals surface area contributed by atoms with Crippen LogP contribution in [0.5, 0.6) is 0 Å². The minimum absolute atomic E-state index is 0.0675. The summed E-state index contributed by atoms with van der Waals surface area (Å²) in [4.78, 5) is 23.0. The van der Waals surface area contributed by atoms with Crippen LogP contribution < -0.4 is 0 Å². The second-order valence-electron chi connectivity index (χ2n) is 4.78. The molecule has 3 heteroatoms. The first-order valence-corrected chi connectivity index (χ1v) is 6.17. The highest BCUT2D eigenvalue weighted by Gasteiger charge is 2.36. The van der Waals surface area contributed by atoms with E-state index in [4.69, 9.17) is 4.74 Å². The van der Waals surface area contributed by atoms with Crippen molar-refractivity contribution >= 4 is 11.8 Å². The number of carbonyl (C=O) groups is 2. The average Bonchev–Trinajstić information content (AvgIpc) is 2.28.